The molecule has 0 fully saturated rings. The van der Waals surface area contributed by atoms with Gasteiger partial charge in [-0.05, 0) is 19.1 Å². The standard InChI is InChI=1S/C13H15N5O2S2/c1-7-16-11-10(17-12(14)21-11)13(15,18-7)8-3-5-9(6-4-8)22(2,19)20/h3-6,12H,14-15H2,1-2H3. The van der Waals surface area contributed by atoms with Gasteiger partial charge in [0.15, 0.2) is 21.0 Å². The molecule has 0 aliphatic carbocycles. The zero-order valence-electron chi connectivity index (χ0n) is 12.0. The largest absolute Gasteiger partial charge is 0.301 e. The number of aliphatic imine (C=N–C) groups is 3. The van der Waals surface area contributed by atoms with Gasteiger partial charge in [-0.3, -0.25) is 10.7 Å². The second-order valence-electron chi connectivity index (χ2n) is 5.13. The number of fused-ring (bicyclic) bond motifs is 1. The summed E-state index contributed by atoms with van der Waals surface area (Å²) < 4.78 is 23.1. The second-order valence-corrected chi connectivity index (χ2v) is 8.25. The molecule has 2 heterocycles. The summed E-state index contributed by atoms with van der Waals surface area (Å²) in [4.78, 5) is 13.3. The Balaban J connectivity index is 2.10. The fourth-order valence-corrected chi connectivity index (χ4v) is 3.88. The molecule has 1 aromatic rings. The van der Waals surface area contributed by atoms with Crippen LogP contribution in [0.5, 0.6) is 0 Å². The maximum Gasteiger partial charge on any atom is 0.181 e. The molecule has 0 aromatic heterocycles. The summed E-state index contributed by atoms with van der Waals surface area (Å²) in [6, 6.07) is 6.32. The zero-order valence-corrected chi connectivity index (χ0v) is 13.6. The van der Waals surface area contributed by atoms with Crippen LogP contribution in [0.1, 0.15) is 12.5 Å². The normalized spacial score (nSPS) is 27.8. The van der Waals surface area contributed by atoms with Gasteiger partial charge in [0.05, 0.1) is 4.90 Å². The van der Waals surface area contributed by atoms with Gasteiger partial charge in [0.2, 0.25) is 0 Å². The molecule has 0 saturated heterocycles. The number of benzene rings is 1. The number of hydrogen-bond donors (Lipinski definition) is 2. The third-order valence-electron chi connectivity index (χ3n) is 3.38. The van der Waals surface area contributed by atoms with Crippen molar-refractivity contribution >= 4 is 38.2 Å². The van der Waals surface area contributed by atoms with Gasteiger partial charge in [-0.25, -0.2) is 18.4 Å². The van der Waals surface area contributed by atoms with Crippen molar-refractivity contribution in [1.29, 1.82) is 0 Å². The van der Waals surface area contributed by atoms with E-state index in [-0.39, 0.29) is 4.90 Å². The number of thioether (sulfide) groups is 1. The summed E-state index contributed by atoms with van der Waals surface area (Å²) in [6.07, 6.45) is 1.16. The van der Waals surface area contributed by atoms with Crippen molar-refractivity contribution < 1.29 is 8.42 Å². The van der Waals surface area contributed by atoms with E-state index in [9.17, 15) is 8.42 Å². The van der Waals surface area contributed by atoms with Crippen LogP contribution in [-0.2, 0) is 15.5 Å². The molecule has 2 atom stereocenters. The monoisotopic (exact) mass is 337 g/mol. The molecule has 1 aromatic carbocycles. The van der Waals surface area contributed by atoms with E-state index < -0.39 is 21.0 Å². The highest BCUT2D eigenvalue weighted by Gasteiger charge is 2.43. The smallest absolute Gasteiger partial charge is 0.181 e. The predicted molar refractivity (Wildman–Crippen MR) is 89.0 cm³/mol. The number of nitrogens with two attached hydrogens (primary N) is 2. The van der Waals surface area contributed by atoms with Crippen LogP contribution in [0.3, 0.4) is 0 Å². The van der Waals surface area contributed by atoms with Crippen molar-refractivity contribution in [2.75, 3.05) is 6.26 Å². The summed E-state index contributed by atoms with van der Waals surface area (Å²) in [5.41, 5.74) is 11.8. The average molecular weight is 337 g/mol. The number of sulfone groups is 1. The quantitative estimate of drug-likeness (QED) is 0.811. The summed E-state index contributed by atoms with van der Waals surface area (Å²) in [5, 5.41) is 0.662. The van der Waals surface area contributed by atoms with Crippen molar-refractivity contribution in [3.63, 3.8) is 0 Å². The first-order valence-electron chi connectivity index (χ1n) is 6.46. The predicted octanol–water partition coefficient (Wildman–Crippen LogP) is 0.462. The molecule has 9 heteroatoms. The Morgan fingerprint density at radius 1 is 1.27 bits per heavy atom. The Kier molecular flexibility index (Phi) is 3.48. The first-order chi connectivity index (χ1) is 10.2. The molecule has 2 aliphatic rings. The van der Waals surface area contributed by atoms with Gasteiger partial charge in [0.25, 0.3) is 0 Å². The van der Waals surface area contributed by atoms with Gasteiger partial charge in [0.1, 0.15) is 16.6 Å². The maximum atomic E-state index is 11.6. The van der Waals surface area contributed by atoms with Crippen LogP contribution in [0.4, 0.5) is 0 Å². The lowest BCUT2D eigenvalue weighted by Crippen LogP contribution is -2.48. The Morgan fingerprint density at radius 3 is 2.50 bits per heavy atom. The highest BCUT2D eigenvalue weighted by atomic mass is 32.2. The molecule has 2 aliphatic heterocycles. The van der Waals surface area contributed by atoms with E-state index in [0.29, 0.717) is 22.2 Å². The lowest BCUT2D eigenvalue weighted by atomic mass is 9.95. The topological polar surface area (TPSA) is 123 Å². The Labute approximate surface area is 132 Å². The molecule has 0 radical (unpaired) electrons. The number of hydrogen-bond acceptors (Lipinski definition) is 8. The van der Waals surface area contributed by atoms with Gasteiger partial charge >= 0.3 is 0 Å². The van der Waals surface area contributed by atoms with E-state index >= 15 is 0 Å². The Morgan fingerprint density at radius 2 is 1.91 bits per heavy atom. The third-order valence-corrected chi connectivity index (χ3v) is 5.36. The lowest BCUT2D eigenvalue weighted by molar-refractivity contribution is 0.601. The molecule has 116 valence electrons. The summed E-state index contributed by atoms with van der Waals surface area (Å²) in [7, 11) is -3.26. The number of nitrogens with zero attached hydrogens (tertiary/aromatic N) is 3. The first kappa shape index (κ1) is 15.3. The van der Waals surface area contributed by atoms with E-state index in [1.807, 2.05) is 0 Å². The number of amidine groups is 1. The minimum atomic E-state index is -3.26. The van der Waals surface area contributed by atoms with Gasteiger partial charge < -0.3 is 5.73 Å². The molecule has 7 nitrogen and oxygen atoms in total. The van der Waals surface area contributed by atoms with Crippen molar-refractivity contribution in [2.24, 2.45) is 26.4 Å². The van der Waals surface area contributed by atoms with Crippen molar-refractivity contribution in [1.82, 2.24) is 0 Å². The summed E-state index contributed by atoms with van der Waals surface area (Å²) in [5.74, 6) is 0.533. The van der Waals surface area contributed by atoms with Crippen molar-refractivity contribution in [3.05, 3.63) is 29.8 Å². The summed E-state index contributed by atoms with van der Waals surface area (Å²) >= 11 is 1.32. The van der Waals surface area contributed by atoms with Crippen LogP contribution in [0, 0.1) is 0 Å². The van der Waals surface area contributed by atoms with Gasteiger partial charge in [-0.2, -0.15) is 0 Å². The molecule has 4 N–H and O–H groups in total. The van der Waals surface area contributed by atoms with E-state index in [2.05, 4.69) is 15.0 Å². The number of rotatable bonds is 2. The molecule has 0 amide bonds. The minimum Gasteiger partial charge on any atom is -0.301 e. The van der Waals surface area contributed by atoms with Crippen LogP contribution in [0.15, 0.2) is 44.1 Å². The third kappa shape index (κ3) is 2.50. The molecular weight excluding hydrogens is 322 g/mol. The first-order valence-corrected chi connectivity index (χ1v) is 9.23. The van der Waals surface area contributed by atoms with Crippen LogP contribution in [-0.4, -0.2) is 36.8 Å². The Hall–Kier alpha value is -1.55. The van der Waals surface area contributed by atoms with Crippen molar-refractivity contribution in [3.8, 4) is 0 Å². The van der Waals surface area contributed by atoms with Gasteiger partial charge in [0, 0.05) is 11.8 Å². The minimum absolute atomic E-state index is 0.227. The lowest BCUT2D eigenvalue weighted by Gasteiger charge is -2.29. The molecule has 0 spiro atoms. The van der Waals surface area contributed by atoms with Gasteiger partial charge in [-0.15, -0.1) is 0 Å². The van der Waals surface area contributed by atoms with E-state index in [4.69, 9.17) is 11.5 Å². The van der Waals surface area contributed by atoms with Crippen LogP contribution in [0.2, 0.25) is 0 Å². The van der Waals surface area contributed by atoms with Crippen LogP contribution < -0.4 is 11.5 Å². The van der Waals surface area contributed by atoms with E-state index in [0.717, 1.165) is 6.26 Å². The fourth-order valence-electron chi connectivity index (χ4n) is 2.36. The molecular formula is C13H15N5O2S2. The van der Waals surface area contributed by atoms with Crippen LogP contribution >= 0.6 is 11.8 Å². The molecule has 2 unspecified atom stereocenters. The van der Waals surface area contributed by atoms with Gasteiger partial charge in [-0.1, -0.05) is 23.9 Å². The van der Waals surface area contributed by atoms with Crippen LogP contribution in [0.25, 0.3) is 0 Å². The summed E-state index contributed by atoms with van der Waals surface area (Å²) in [6.45, 7) is 1.75. The average Bonchev–Trinajstić information content (AvgIpc) is 2.79. The molecule has 3 rings (SSSR count). The molecule has 0 saturated carbocycles. The highest BCUT2D eigenvalue weighted by molar-refractivity contribution is 8.16. The molecule has 22 heavy (non-hydrogen) atoms. The second kappa shape index (κ2) is 4.98. The highest BCUT2D eigenvalue weighted by Crippen LogP contribution is 2.34. The van der Waals surface area contributed by atoms with E-state index in [1.165, 1.54) is 23.9 Å². The molecule has 0 bridgehead atoms. The fraction of sp³-hybridized carbons (Fsp3) is 0.308. The zero-order chi connectivity index (χ0) is 16.1. The SMILES string of the molecule is CC1=NC(N)(c2ccc(S(C)(=O)=O)cc2)C2=NC(N)SC2=N1. The Bertz CT molecular complexity index is 826. The van der Waals surface area contributed by atoms with Crippen molar-refractivity contribution in [2.45, 2.75) is 23.0 Å². The van der Waals surface area contributed by atoms with E-state index in [1.54, 1.807) is 19.1 Å². The maximum absolute atomic E-state index is 11.6.